The van der Waals surface area contributed by atoms with E-state index in [1.807, 2.05) is 0 Å². The summed E-state index contributed by atoms with van der Waals surface area (Å²) in [6, 6.07) is 5.59. The predicted octanol–water partition coefficient (Wildman–Crippen LogP) is 5.43. The number of ether oxygens (including phenoxy) is 2. The number of nitrogen functional groups attached to an aromatic ring is 1. The molecule has 4 heterocycles. The molecule has 0 saturated carbocycles. The number of benzene rings is 1. The van der Waals surface area contributed by atoms with Crippen LogP contribution in [-0.2, 0) is 10.9 Å². The quantitative estimate of drug-likeness (QED) is 0.388. The van der Waals surface area contributed by atoms with Gasteiger partial charge in [-0.2, -0.15) is 23.1 Å². The fraction of sp³-hybridized carbons (Fsp3) is 0.519. The first-order valence-corrected chi connectivity index (χ1v) is 13.6. The van der Waals surface area contributed by atoms with E-state index < -0.39 is 11.7 Å². The summed E-state index contributed by atoms with van der Waals surface area (Å²) in [7, 11) is 1.68. The lowest BCUT2D eigenvalue weighted by atomic mass is 10.0. The van der Waals surface area contributed by atoms with Gasteiger partial charge < -0.3 is 20.1 Å². The predicted molar refractivity (Wildman–Crippen MR) is 145 cm³/mol. The number of hydrogen-bond donors (Lipinski definition) is 1. The molecule has 210 valence electrons. The second-order valence-electron chi connectivity index (χ2n) is 9.99. The Morgan fingerprint density at radius 1 is 1.05 bits per heavy atom. The summed E-state index contributed by atoms with van der Waals surface area (Å²) < 4.78 is 52.9. The third-order valence-electron chi connectivity index (χ3n) is 7.36. The maximum Gasteiger partial charge on any atom is 0.418 e. The van der Waals surface area contributed by atoms with Gasteiger partial charge in [-0.3, -0.25) is 4.90 Å². The van der Waals surface area contributed by atoms with Gasteiger partial charge in [0, 0.05) is 43.7 Å². The van der Waals surface area contributed by atoms with Crippen LogP contribution in [-0.4, -0.2) is 72.4 Å². The number of rotatable bonds is 8. The molecule has 2 aromatic heterocycles. The van der Waals surface area contributed by atoms with Gasteiger partial charge in [-0.1, -0.05) is 11.6 Å². The van der Waals surface area contributed by atoms with Crippen molar-refractivity contribution < 1.29 is 22.6 Å². The maximum absolute atomic E-state index is 13.9. The average molecular weight is 565 g/mol. The Morgan fingerprint density at radius 2 is 1.85 bits per heavy atom. The Morgan fingerprint density at radius 3 is 2.59 bits per heavy atom. The van der Waals surface area contributed by atoms with E-state index in [0.29, 0.717) is 29.9 Å². The number of pyridine rings is 1. The Labute approximate surface area is 230 Å². The van der Waals surface area contributed by atoms with Gasteiger partial charge in [0.15, 0.2) is 0 Å². The number of hydrogen-bond acceptors (Lipinski definition) is 8. The van der Waals surface area contributed by atoms with Crippen LogP contribution in [0.5, 0.6) is 6.01 Å². The van der Waals surface area contributed by atoms with Crippen molar-refractivity contribution in [2.24, 2.45) is 0 Å². The molecule has 2 aliphatic heterocycles. The lowest BCUT2D eigenvalue weighted by Crippen LogP contribution is -2.36. The summed E-state index contributed by atoms with van der Waals surface area (Å²) >= 11 is 6.60. The molecule has 12 heteroatoms. The molecule has 39 heavy (non-hydrogen) atoms. The zero-order chi connectivity index (χ0) is 27.6. The number of nitrogens with zero attached hydrogens (tertiary/aromatic N) is 5. The molecular formula is C27H32ClF3N6O2. The molecule has 3 aromatic rings. The number of halogens is 4. The van der Waals surface area contributed by atoms with Gasteiger partial charge in [-0.25, -0.2) is 4.98 Å². The van der Waals surface area contributed by atoms with Gasteiger partial charge in [0.1, 0.15) is 18.2 Å². The number of piperidine rings is 1. The summed E-state index contributed by atoms with van der Waals surface area (Å²) in [5, 5.41) is 0.763. The number of methoxy groups -OCH3 is 1. The Kier molecular flexibility index (Phi) is 8.29. The summed E-state index contributed by atoms with van der Waals surface area (Å²) in [5.41, 5.74) is 5.04. The largest absolute Gasteiger partial charge is 0.462 e. The molecule has 0 aliphatic carbocycles. The lowest BCUT2D eigenvalue weighted by molar-refractivity contribution is -0.137. The number of anilines is 2. The van der Waals surface area contributed by atoms with Gasteiger partial charge in [0.05, 0.1) is 28.4 Å². The lowest BCUT2D eigenvalue weighted by Gasteiger charge is -2.29. The minimum atomic E-state index is -4.64. The summed E-state index contributed by atoms with van der Waals surface area (Å²) in [5.74, 6) is 0.631. The minimum Gasteiger partial charge on any atom is -0.462 e. The summed E-state index contributed by atoms with van der Waals surface area (Å²) in [6.07, 6.45) is 0.610. The number of likely N-dealkylation sites (tertiary alicyclic amines) is 1. The maximum atomic E-state index is 13.9. The van der Waals surface area contributed by atoms with Crippen LogP contribution in [0, 0.1) is 0 Å². The number of fused-ring (bicyclic) bond motifs is 1. The topological polar surface area (TPSA) is 89.6 Å². The van der Waals surface area contributed by atoms with E-state index in [1.54, 1.807) is 13.2 Å². The Bertz CT molecular complexity index is 1320. The van der Waals surface area contributed by atoms with E-state index in [0.717, 1.165) is 70.4 Å². The minimum absolute atomic E-state index is 0.0375. The van der Waals surface area contributed by atoms with Crippen LogP contribution in [0.4, 0.5) is 24.8 Å². The molecule has 1 aromatic carbocycles. The van der Waals surface area contributed by atoms with Crippen LogP contribution in [0.2, 0.25) is 5.02 Å². The molecule has 1 atom stereocenters. The highest BCUT2D eigenvalue weighted by Crippen LogP contribution is 2.41. The van der Waals surface area contributed by atoms with E-state index in [1.165, 1.54) is 6.07 Å². The second-order valence-corrected chi connectivity index (χ2v) is 10.4. The smallest absolute Gasteiger partial charge is 0.418 e. The first kappa shape index (κ1) is 27.7. The SMILES string of the molecule is COCCN1CCC[C@H]1COc1nc(N2CCCCC2)c2cc(Cl)c(-c3nc(N)ccc3C(F)(F)F)cc2n1. The van der Waals surface area contributed by atoms with Gasteiger partial charge in [0.2, 0.25) is 0 Å². The first-order valence-electron chi connectivity index (χ1n) is 13.2. The molecule has 0 unspecified atom stereocenters. The van der Waals surface area contributed by atoms with Crippen molar-refractivity contribution in [3.05, 3.63) is 34.9 Å². The fourth-order valence-electron chi connectivity index (χ4n) is 5.37. The molecule has 5 rings (SSSR count). The van der Waals surface area contributed by atoms with Crippen LogP contribution in [0.3, 0.4) is 0 Å². The summed E-state index contributed by atoms with van der Waals surface area (Å²) in [4.78, 5) is 17.9. The van der Waals surface area contributed by atoms with Crippen molar-refractivity contribution in [1.82, 2.24) is 19.9 Å². The number of alkyl halides is 3. The van der Waals surface area contributed by atoms with E-state index >= 15 is 0 Å². The Hall–Kier alpha value is -2.89. The molecule has 8 nitrogen and oxygen atoms in total. The zero-order valence-electron chi connectivity index (χ0n) is 21.8. The molecule has 0 radical (unpaired) electrons. The van der Waals surface area contributed by atoms with Crippen molar-refractivity contribution in [2.45, 2.75) is 44.3 Å². The van der Waals surface area contributed by atoms with Crippen molar-refractivity contribution in [3.63, 3.8) is 0 Å². The second kappa shape index (κ2) is 11.7. The molecule has 2 N–H and O–H groups in total. The van der Waals surface area contributed by atoms with E-state index in [4.69, 9.17) is 31.8 Å². The van der Waals surface area contributed by atoms with Crippen molar-refractivity contribution in [3.8, 4) is 17.3 Å². The highest BCUT2D eigenvalue weighted by Gasteiger charge is 2.35. The Balaban J connectivity index is 1.55. The highest BCUT2D eigenvalue weighted by atomic mass is 35.5. The van der Waals surface area contributed by atoms with Gasteiger partial charge in [-0.05, 0) is 62.9 Å². The molecular weight excluding hydrogens is 533 g/mol. The summed E-state index contributed by atoms with van der Waals surface area (Å²) in [6.45, 7) is 4.47. The van der Waals surface area contributed by atoms with Crippen LogP contribution < -0.4 is 15.4 Å². The monoisotopic (exact) mass is 564 g/mol. The fourth-order valence-corrected chi connectivity index (χ4v) is 5.62. The van der Waals surface area contributed by atoms with Crippen molar-refractivity contribution >= 4 is 34.1 Å². The molecule has 0 bridgehead atoms. The molecule has 0 spiro atoms. The third-order valence-corrected chi connectivity index (χ3v) is 7.68. The van der Waals surface area contributed by atoms with Gasteiger partial charge in [-0.15, -0.1) is 0 Å². The van der Waals surface area contributed by atoms with Crippen LogP contribution in [0.25, 0.3) is 22.2 Å². The van der Waals surface area contributed by atoms with Gasteiger partial charge in [0.25, 0.3) is 0 Å². The first-order chi connectivity index (χ1) is 18.7. The highest BCUT2D eigenvalue weighted by molar-refractivity contribution is 6.34. The van der Waals surface area contributed by atoms with Crippen molar-refractivity contribution in [1.29, 1.82) is 0 Å². The van der Waals surface area contributed by atoms with Crippen LogP contribution in [0.1, 0.15) is 37.7 Å². The zero-order valence-corrected chi connectivity index (χ0v) is 22.6. The van der Waals surface area contributed by atoms with Crippen LogP contribution in [0.15, 0.2) is 24.3 Å². The van der Waals surface area contributed by atoms with E-state index in [-0.39, 0.29) is 34.2 Å². The van der Waals surface area contributed by atoms with E-state index in [9.17, 15) is 13.2 Å². The standard InChI is InChI=1S/C27H32ClF3N6O2/c1-38-13-12-36-11-5-6-17(36)16-39-26-33-22-15-18(24-20(27(29,30)31)7-8-23(32)34-24)21(28)14-19(22)25(35-26)37-9-3-2-4-10-37/h7-8,14-15,17H,2-6,9-13,16H2,1H3,(H2,32,34)/t17-/m0/s1. The third kappa shape index (κ3) is 6.15. The number of aromatic nitrogens is 3. The normalized spacial score (nSPS) is 18.7. The van der Waals surface area contributed by atoms with Crippen LogP contribution >= 0.6 is 11.6 Å². The molecule has 2 aliphatic rings. The van der Waals surface area contributed by atoms with E-state index in [2.05, 4.69) is 19.8 Å². The average Bonchev–Trinajstić information content (AvgIpc) is 3.37. The molecule has 0 amide bonds. The molecule has 2 saturated heterocycles. The van der Waals surface area contributed by atoms with Gasteiger partial charge >= 0.3 is 12.2 Å². The van der Waals surface area contributed by atoms with Crippen molar-refractivity contribution in [2.75, 3.05) is 57.1 Å². The molecule has 2 fully saturated rings. The number of nitrogens with two attached hydrogens (primary N) is 1.